The number of hydrogen-bond acceptors (Lipinski definition) is 2. The molecule has 0 spiro atoms. The summed E-state index contributed by atoms with van der Waals surface area (Å²) < 4.78 is 1.55. The van der Waals surface area contributed by atoms with Crippen LogP contribution in [-0.2, 0) is 7.05 Å². The molecule has 2 aromatic rings. The molecule has 0 bridgehead atoms. The Hall–Kier alpha value is -1.77. The molecule has 1 heterocycles. The number of aromatic nitrogens is 1. The summed E-state index contributed by atoms with van der Waals surface area (Å²) >= 11 is 0. The molecule has 0 aliphatic heterocycles. The van der Waals surface area contributed by atoms with Crippen LogP contribution in [0.3, 0.4) is 0 Å². The fraction of sp³-hybridized carbons (Fsp3) is 0.100. The summed E-state index contributed by atoms with van der Waals surface area (Å²) in [5, 5.41) is 10.1. The summed E-state index contributed by atoms with van der Waals surface area (Å²) in [6.07, 6.45) is 0. The summed E-state index contributed by atoms with van der Waals surface area (Å²) in [6, 6.07) is 8.13. The molecule has 3 nitrogen and oxygen atoms in total. The lowest BCUT2D eigenvalue weighted by Crippen LogP contribution is -2.14. The second-order valence-electron chi connectivity index (χ2n) is 2.97. The Balaban J connectivity index is 2.95. The second-order valence-corrected chi connectivity index (χ2v) is 2.97. The van der Waals surface area contributed by atoms with Crippen molar-refractivity contribution in [3.05, 3.63) is 40.7 Å². The molecule has 2 rings (SSSR count). The predicted octanol–water partition coefficient (Wildman–Crippen LogP) is 1.24. The largest absolute Gasteiger partial charge is 0.508 e. The zero-order valence-corrected chi connectivity index (χ0v) is 7.19. The number of pyridine rings is 1. The smallest absolute Gasteiger partial charge is 0.250 e. The van der Waals surface area contributed by atoms with E-state index >= 15 is 0 Å². The van der Waals surface area contributed by atoms with E-state index in [0.717, 1.165) is 10.9 Å². The number of phenolic OH excluding ortho intramolecular Hbond substituents is 1. The van der Waals surface area contributed by atoms with Gasteiger partial charge in [0.25, 0.3) is 5.56 Å². The van der Waals surface area contributed by atoms with E-state index in [9.17, 15) is 9.90 Å². The molecule has 0 saturated heterocycles. The topological polar surface area (TPSA) is 42.2 Å². The van der Waals surface area contributed by atoms with Crippen LogP contribution in [0.2, 0.25) is 0 Å². The van der Waals surface area contributed by atoms with Crippen LogP contribution in [0.4, 0.5) is 0 Å². The minimum Gasteiger partial charge on any atom is -0.508 e. The summed E-state index contributed by atoms with van der Waals surface area (Å²) in [5.74, 6) is 0.214. The molecule has 0 radical (unpaired) electrons. The zero-order valence-electron chi connectivity index (χ0n) is 7.19. The van der Waals surface area contributed by atoms with E-state index in [1.807, 2.05) is 0 Å². The van der Waals surface area contributed by atoms with E-state index in [4.69, 9.17) is 0 Å². The van der Waals surface area contributed by atoms with Gasteiger partial charge in [-0.05, 0) is 24.3 Å². The van der Waals surface area contributed by atoms with Gasteiger partial charge in [-0.15, -0.1) is 0 Å². The van der Waals surface area contributed by atoms with Crippen molar-refractivity contribution in [2.45, 2.75) is 0 Å². The zero-order chi connectivity index (χ0) is 9.42. The summed E-state index contributed by atoms with van der Waals surface area (Å²) in [6.45, 7) is 0. The Morgan fingerprint density at radius 3 is 2.77 bits per heavy atom. The van der Waals surface area contributed by atoms with E-state index in [2.05, 4.69) is 0 Å². The highest BCUT2D eigenvalue weighted by atomic mass is 16.3. The Morgan fingerprint density at radius 2 is 2.00 bits per heavy atom. The molecule has 1 N–H and O–H groups in total. The predicted molar refractivity (Wildman–Crippen MR) is 50.9 cm³/mol. The quantitative estimate of drug-likeness (QED) is 0.654. The first-order valence-corrected chi connectivity index (χ1v) is 3.97. The molecule has 13 heavy (non-hydrogen) atoms. The van der Waals surface area contributed by atoms with Gasteiger partial charge in [0.2, 0.25) is 0 Å². The Bertz CT molecular complexity index is 514. The van der Waals surface area contributed by atoms with Crippen molar-refractivity contribution in [2.24, 2.45) is 7.05 Å². The molecular formula is C10H9NO2. The average molecular weight is 175 g/mol. The van der Waals surface area contributed by atoms with Gasteiger partial charge in [-0.2, -0.15) is 0 Å². The van der Waals surface area contributed by atoms with Gasteiger partial charge >= 0.3 is 0 Å². The molecule has 0 aliphatic carbocycles. The van der Waals surface area contributed by atoms with E-state index < -0.39 is 0 Å². The molecule has 1 aromatic heterocycles. The molecule has 1 aromatic carbocycles. The fourth-order valence-corrected chi connectivity index (χ4v) is 1.37. The van der Waals surface area contributed by atoms with Crippen LogP contribution in [0.5, 0.6) is 5.75 Å². The maximum atomic E-state index is 11.2. The van der Waals surface area contributed by atoms with Gasteiger partial charge in [-0.1, -0.05) is 0 Å². The van der Waals surface area contributed by atoms with Crippen molar-refractivity contribution in [3.63, 3.8) is 0 Å². The number of nitrogens with zero attached hydrogens (tertiary/aromatic N) is 1. The van der Waals surface area contributed by atoms with Crippen LogP contribution in [0.1, 0.15) is 0 Å². The van der Waals surface area contributed by atoms with Gasteiger partial charge in [0.05, 0.1) is 5.52 Å². The van der Waals surface area contributed by atoms with Crippen LogP contribution in [-0.4, -0.2) is 9.67 Å². The van der Waals surface area contributed by atoms with Gasteiger partial charge in [0.15, 0.2) is 0 Å². The molecule has 0 aliphatic rings. The van der Waals surface area contributed by atoms with Crippen LogP contribution < -0.4 is 5.56 Å². The molecule has 0 atom stereocenters. The standard InChI is InChI=1S/C10H9NO2/c1-11-9-4-3-8(12)6-7(9)2-5-10(11)13/h2-6,12H,1H3. The van der Waals surface area contributed by atoms with Crippen LogP contribution >= 0.6 is 0 Å². The Labute approximate surface area is 74.9 Å². The molecule has 0 saturated carbocycles. The minimum absolute atomic E-state index is 0.0433. The number of hydrogen-bond donors (Lipinski definition) is 1. The van der Waals surface area contributed by atoms with Crippen molar-refractivity contribution in [3.8, 4) is 5.75 Å². The van der Waals surface area contributed by atoms with Gasteiger partial charge in [0.1, 0.15) is 5.75 Å². The molecule has 3 heteroatoms. The lowest BCUT2D eigenvalue weighted by atomic mass is 10.2. The third-order valence-corrected chi connectivity index (χ3v) is 2.11. The summed E-state index contributed by atoms with van der Waals surface area (Å²) in [4.78, 5) is 11.2. The van der Waals surface area contributed by atoms with E-state index in [0.29, 0.717) is 0 Å². The summed E-state index contributed by atoms with van der Waals surface area (Å²) in [5.41, 5.74) is 0.781. The van der Waals surface area contributed by atoms with Crippen molar-refractivity contribution >= 4 is 10.9 Å². The highest BCUT2D eigenvalue weighted by Gasteiger charge is 1.98. The van der Waals surface area contributed by atoms with Crippen LogP contribution in [0.15, 0.2) is 35.1 Å². The van der Waals surface area contributed by atoms with Crippen molar-refractivity contribution in [1.29, 1.82) is 0 Å². The highest BCUT2D eigenvalue weighted by molar-refractivity contribution is 5.80. The monoisotopic (exact) mass is 175 g/mol. The molecule has 0 unspecified atom stereocenters. The van der Waals surface area contributed by atoms with Crippen molar-refractivity contribution in [1.82, 2.24) is 4.57 Å². The Morgan fingerprint density at radius 1 is 1.23 bits per heavy atom. The van der Waals surface area contributed by atoms with E-state index in [1.165, 1.54) is 6.07 Å². The molecule has 0 fully saturated rings. The number of aryl methyl sites for hydroxylation is 1. The Kier molecular flexibility index (Phi) is 1.59. The van der Waals surface area contributed by atoms with Gasteiger partial charge in [0, 0.05) is 18.5 Å². The maximum Gasteiger partial charge on any atom is 0.250 e. The van der Waals surface area contributed by atoms with Crippen LogP contribution in [0.25, 0.3) is 10.9 Å². The minimum atomic E-state index is -0.0433. The summed E-state index contributed by atoms with van der Waals surface area (Å²) in [7, 11) is 1.71. The van der Waals surface area contributed by atoms with Gasteiger partial charge < -0.3 is 9.67 Å². The first-order chi connectivity index (χ1) is 6.18. The number of phenols is 1. The van der Waals surface area contributed by atoms with Gasteiger partial charge in [-0.25, -0.2) is 0 Å². The fourth-order valence-electron chi connectivity index (χ4n) is 1.37. The number of fused-ring (bicyclic) bond motifs is 1. The van der Waals surface area contributed by atoms with Crippen molar-refractivity contribution < 1.29 is 5.11 Å². The highest BCUT2D eigenvalue weighted by Crippen LogP contribution is 2.17. The third-order valence-electron chi connectivity index (χ3n) is 2.11. The number of benzene rings is 1. The lowest BCUT2D eigenvalue weighted by Gasteiger charge is -2.03. The van der Waals surface area contributed by atoms with Crippen molar-refractivity contribution in [2.75, 3.05) is 0 Å². The molecule has 0 amide bonds. The van der Waals surface area contributed by atoms with E-state index in [1.54, 1.807) is 35.9 Å². The first-order valence-electron chi connectivity index (χ1n) is 3.97. The number of rotatable bonds is 0. The average Bonchev–Trinajstić information content (AvgIpc) is 2.12. The van der Waals surface area contributed by atoms with Crippen LogP contribution in [0, 0.1) is 0 Å². The maximum absolute atomic E-state index is 11.2. The SMILES string of the molecule is Cn1c(=O)ccc2cc(O)ccc21. The molecule has 66 valence electrons. The molecular weight excluding hydrogens is 166 g/mol. The van der Waals surface area contributed by atoms with Gasteiger partial charge in [-0.3, -0.25) is 4.79 Å². The normalized spacial score (nSPS) is 10.5. The lowest BCUT2D eigenvalue weighted by molar-refractivity contribution is 0.476. The number of aromatic hydroxyl groups is 1. The van der Waals surface area contributed by atoms with E-state index in [-0.39, 0.29) is 11.3 Å². The third kappa shape index (κ3) is 1.18. The second kappa shape index (κ2) is 2.62. The first kappa shape index (κ1) is 7.86.